The second kappa shape index (κ2) is 10.6. The molecule has 0 aliphatic carbocycles. The molecule has 0 unspecified atom stereocenters. The highest BCUT2D eigenvalue weighted by atomic mass is 16.6. The highest BCUT2D eigenvalue weighted by Crippen LogP contribution is 2.36. The molecule has 0 N–H and O–H groups in total. The molecule has 5 rings (SSSR count). The lowest BCUT2D eigenvalue weighted by atomic mass is 10.1. The molecule has 1 fully saturated rings. The highest BCUT2D eigenvalue weighted by molar-refractivity contribution is 6.03. The van der Waals surface area contributed by atoms with Crippen molar-refractivity contribution in [2.75, 3.05) is 4.90 Å². The number of anilines is 1. The van der Waals surface area contributed by atoms with E-state index in [1.54, 1.807) is 59.1 Å². The number of amides is 2. The maximum absolute atomic E-state index is 13.9. The molecule has 2 aliphatic heterocycles. The maximum atomic E-state index is 13.9. The summed E-state index contributed by atoms with van der Waals surface area (Å²) in [6.45, 7) is 9.76. The van der Waals surface area contributed by atoms with E-state index in [4.69, 9.17) is 14.2 Å². The third-order valence-electron chi connectivity index (χ3n) is 6.79. The van der Waals surface area contributed by atoms with E-state index in [0.717, 1.165) is 0 Å². The predicted molar refractivity (Wildman–Crippen MR) is 143 cm³/mol. The first-order valence-corrected chi connectivity index (χ1v) is 13.1. The molecular weight excluding hydrogens is 516 g/mol. The van der Waals surface area contributed by atoms with E-state index in [1.807, 2.05) is 27.7 Å². The van der Waals surface area contributed by atoms with Gasteiger partial charge in [-0.25, -0.2) is 19.6 Å². The molecule has 12 heteroatoms. The second-order valence-corrected chi connectivity index (χ2v) is 10.9. The molecule has 2 aliphatic rings. The van der Waals surface area contributed by atoms with E-state index in [-0.39, 0.29) is 18.6 Å². The van der Waals surface area contributed by atoms with Crippen LogP contribution in [0.2, 0.25) is 0 Å². The number of hydrogen-bond acceptors (Lipinski definition) is 9. The number of esters is 1. The summed E-state index contributed by atoms with van der Waals surface area (Å²) in [5.74, 6) is -1.13. The molecule has 1 saturated heterocycles. The molecule has 0 saturated carbocycles. The van der Waals surface area contributed by atoms with Gasteiger partial charge >= 0.3 is 18.1 Å². The molecule has 4 heterocycles. The van der Waals surface area contributed by atoms with Gasteiger partial charge in [-0.05, 0) is 52.8 Å². The van der Waals surface area contributed by atoms with Gasteiger partial charge in [-0.15, -0.1) is 0 Å². The maximum Gasteiger partial charge on any atom is 0.410 e. The summed E-state index contributed by atoms with van der Waals surface area (Å²) in [5.41, 5.74) is 0.810. The van der Waals surface area contributed by atoms with E-state index in [2.05, 4.69) is 15.1 Å². The van der Waals surface area contributed by atoms with E-state index >= 15 is 0 Å². The molecule has 12 nitrogen and oxygen atoms in total. The Labute approximate surface area is 231 Å². The van der Waals surface area contributed by atoms with Crippen molar-refractivity contribution >= 4 is 23.7 Å². The number of ether oxygens (including phenoxy) is 3. The Morgan fingerprint density at radius 2 is 1.73 bits per heavy atom. The molecular formula is C28H32N6O6. The zero-order chi connectivity index (χ0) is 28.6. The van der Waals surface area contributed by atoms with Crippen LogP contribution in [0, 0.1) is 0 Å². The van der Waals surface area contributed by atoms with Crippen LogP contribution < -0.4 is 9.64 Å². The lowest BCUT2D eigenvalue weighted by Gasteiger charge is -2.36. The van der Waals surface area contributed by atoms with Crippen LogP contribution in [0.4, 0.5) is 10.5 Å². The Morgan fingerprint density at radius 3 is 2.40 bits per heavy atom. The average Bonchev–Trinajstić information content (AvgIpc) is 3.41. The predicted octanol–water partition coefficient (Wildman–Crippen LogP) is 3.22. The lowest BCUT2D eigenvalue weighted by molar-refractivity contribution is -0.127. The minimum atomic E-state index is -1.27. The van der Waals surface area contributed by atoms with Crippen molar-refractivity contribution in [2.24, 2.45) is 0 Å². The minimum Gasteiger partial charge on any atom is -0.453 e. The quantitative estimate of drug-likeness (QED) is 0.441. The summed E-state index contributed by atoms with van der Waals surface area (Å²) >= 11 is 0. The van der Waals surface area contributed by atoms with Crippen molar-refractivity contribution in [3.63, 3.8) is 0 Å². The number of fused-ring (bicyclic) bond motifs is 1. The van der Waals surface area contributed by atoms with Gasteiger partial charge in [-0.1, -0.05) is 18.2 Å². The number of carbonyl (C=O) groups is 3. The number of carbonyl (C=O) groups excluding carboxylic acids is 3. The van der Waals surface area contributed by atoms with Gasteiger partial charge in [0.1, 0.15) is 5.60 Å². The van der Waals surface area contributed by atoms with Gasteiger partial charge in [0.2, 0.25) is 6.10 Å². The van der Waals surface area contributed by atoms with Crippen molar-refractivity contribution in [3.8, 4) is 6.01 Å². The molecule has 40 heavy (non-hydrogen) atoms. The number of nitrogens with zero attached hydrogens (tertiary/aromatic N) is 6. The fraction of sp³-hybridized carbons (Fsp3) is 0.429. The molecule has 0 bridgehead atoms. The number of aromatic nitrogens is 4. The number of rotatable bonds is 5. The summed E-state index contributed by atoms with van der Waals surface area (Å²) in [4.78, 5) is 51.3. The van der Waals surface area contributed by atoms with Crippen molar-refractivity contribution < 1.29 is 28.6 Å². The van der Waals surface area contributed by atoms with Crippen LogP contribution in [0.3, 0.4) is 0 Å². The normalized spacial score (nSPS) is 22.6. The Balaban J connectivity index is 1.46. The lowest BCUT2D eigenvalue weighted by Crippen LogP contribution is -2.47. The summed E-state index contributed by atoms with van der Waals surface area (Å²) in [6, 6.07) is 9.36. The smallest absolute Gasteiger partial charge is 0.410 e. The molecule has 4 atom stereocenters. The molecule has 0 spiro atoms. The zero-order valence-electron chi connectivity index (χ0n) is 23.1. The van der Waals surface area contributed by atoms with E-state index < -0.39 is 41.8 Å². The first kappa shape index (κ1) is 27.1. The third-order valence-corrected chi connectivity index (χ3v) is 6.79. The van der Waals surface area contributed by atoms with Crippen LogP contribution in [-0.4, -0.2) is 72.5 Å². The van der Waals surface area contributed by atoms with Gasteiger partial charge in [0.15, 0.2) is 6.10 Å². The van der Waals surface area contributed by atoms with Crippen molar-refractivity contribution in [2.45, 2.75) is 77.6 Å². The van der Waals surface area contributed by atoms with Crippen molar-refractivity contribution in [1.82, 2.24) is 24.6 Å². The van der Waals surface area contributed by atoms with Crippen LogP contribution in [0.5, 0.6) is 6.01 Å². The van der Waals surface area contributed by atoms with Gasteiger partial charge in [0.25, 0.3) is 5.91 Å². The highest BCUT2D eigenvalue weighted by Gasteiger charge is 2.52. The Kier molecular flexibility index (Phi) is 7.17. The Morgan fingerprint density at radius 1 is 1.02 bits per heavy atom. The van der Waals surface area contributed by atoms with E-state index in [9.17, 15) is 14.4 Å². The zero-order valence-corrected chi connectivity index (χ0v) is 23.1. The van der Waals surface area contributed by atoms with Crippen molar-refractivity contribution in [1.29, 1.82) is 0 Å². The SMILES string of the molecule is C[C@@H]1[C@@H](Oc2ncccn2)[C@H](OC(=O)c2ccccc2)C(=O)N1c1cnn2c1CN(C(=O)OC(C)(C)C)[C@@H](C)C2. The van der Waals surface area contributed by atoms with Gasteiger partial charge in [0, 0.05) is 12.4 Å². The minimum absolute atomic E-state index is 0.0525. The first-order chi connectivity index (χ1) is 19.0. The van der Waals surface area contributed by atoms with Crippen LogP contribution in [-0.2, 0) is 27.4 Å². The number of benzene rings is 1. The monoisotopic (exact) mass is 548 g/mol. The van der Waals surface area contributed by atoms with E-state index in [1.165, 1.54) is 17.3 Å². The fourth-order valence-corrected chi connectivity index (χ4v) is 4.87. The van der Waals surface area contributed by atoms with Crippen LogP contribution in [0.25, 0.3) is 0 Å². The largest absolute Gasteiger partial charge is 0.453 e. The van der Waals surface area contributed by atoms with Crippen molar-refractivity contribution in [3.05, 3.63) is 66.2 Å². The van der Waals surface area contributed by atoms with Gasteiger partial charge in [0.05, 0.1) is 48.3 Å². The average molecular weight is 549 g/mol. The van der Waals surface area contributed by atoms with Crippen LogP contribution >= 0.6 is 0 Å². The van der Waals surface area contributed by atoms with E-state index in [0.29, 0.717) is 23.5 Å². The summed E-state index contributed by atoms with van der Waals surface area (Å²) in [7, 11) is 0. The fourth-order valence-electron chi connectivity index (χ4n) is 4.87. The standard InChI is InChI=1S/C28H32N6O6/c1-17-15-33-21(16-32(17)27(37)40-28(3,4)5)20(14-31-33)34-18(2)22(39-26-29-12-9-13-30-26)23(24(34)35)38-25(36)19-10-7-6-8-11-19/h6-14,17-18,22-23H,15-16H2,1-5H3/t17-,18+,22+,23-/m0/s1. The second-order valence-electron chi connectivity index (χ2n) is 10.9. The molecule has 3 aromatic rings. The van der Waals surface area contributed by atoms with Gasteiger partial charge < -0.3 is 14.2 Å². The summed E-state index contributed by atoms with van der Waals surface area (Å²) in [6.07, 6.45) is 2.00. The van der Waals surface area contributed by atoms with Gasteiger partial charge in [-0.2, -0.15) is 5.10 Å². The molecule has 2 aromatic heterocycles. The number of hydrogen-bond donors (Lipinski definition) is 0. The van der Waals surface area contributed by atoms with Gasteiger partial charge in [-0.3, -0.25) is 19.3 Å². The molecule has 1 aromatic carbocycles. The first-order valence-electron chi connectivity index (χ1n) is 13.1. The summed E-state index contributed by atoms with van der Waals surface area (Å²) < 4.78 is 19.2. The molecule has 2 amide bonds. The van der Waals surface area contributed by atoms with Crippen LogP contribution in [0.1, 0.15) is 50.7 Å². The summed E-state index contributed by atoms with van der Waals surface area (Å²) in [5, 5.41) is 4.50. The Hall–Kier alpha value is -4.48. The molecule has 210 valence electrons. The molecule has 0 radical (unpaired) electrons. The Bertz CT molecular complexity index is 1390. The third kappa shape index (κ3) is 5.33. The van der Waals surface area contributed by atoms with Crippen LogP contribution in [0.15, 0.2) is 55.0 Å². The topological polar surface area (TPSA) is 129 Å².